The van der Waals surface area contributed by atoms with Crippen molar-refractivity contribution in [1.29, 1.82) is 0 Å². The molecule has 2 aromatic rings. The van der Waals surface area contributed by atoms with E-state index < -0.39 is 11.9 Å². The fraction of sp³-hybridized carbons (Fsp3) is 0.514. The monoisotopic (exact) mass is 620 g/mol. The fourth-order valence-corrected chi connectivity index (χ4v) is 6.72. The summed E-state index contributed by atoms with van der Waals surface area (Å²) in [4.78, 5) is 50.7. The van der Waals surface area contributed by atoms with Gasteiger partial charge in [0.2, 0.25) is 5.78 Å². The topological polar surface area (TPSA) is 97.7 Å². The number of rotatable bonds is 17. The molecule has 0 saturated heterocycles. The number of Topliss-reactive ketones (excluding diaryl/α,β-unsaturated/α-hetero) is 2. The van der Waals surface area contributed by atoms with Crippen molar-refractivity contribution in [2.24, 2.45) is 5.92 Å². The van der Waals surface area contributed by atoms with Gasteiger partial charge in [0, 0.05) is 29.0 Å². The van der Waals surface area contributed by atoms with Crippen LogP contribution in [0, 0.1) is 5.92 Å². The fourth-order valence-electron chi connectivity index (χ4n) is 6.60. The highest BCUT2D eigenvalue weighted by atomic mass is 35.5. The van der Waals surface area contributed by atoms with Gasteiger partial charge in [0.05, 0.1) is 5.57 Å². The summed E-state index contributed by atoms with van der Waals surface area (Å²) in [6.07, 6.45) is 15.0. The molecule has 0 bridgehead atoms. The van der Waals surface area contributed by atoms with Crippen LogP contribution in [0.3, 0.4) is 0 Å². The number of hydrogen-bond donors (Lipinski definition) is 1. The Bertz CT molecular complexity index is 1320. The molecule has 7 heteroatoms. The van der Waals surface area contributed by atoms with Crippen LogP contribution in [0.2, 0.25) is 5.02 Å². The minimum absolute atomic E-state index is 0.0587. The Hall–Kier alpha value is -3.25. The van der Waals surface area contributed by atoms with Crippen LogP contribution in [-0.4, -0.2) is 28.6 Å². The van der Waals surface area contributed by atoms with Gasteiger partial charge in [0.15, 0.2) is 11.5 Å². The van der Waals surface area contributed by atoms with E-state index in [0.717, 1.165) is 77.0 Å². The number of esters is 1. The number of allylic oxidation sites excluding steroid dienone is 2. The van der Waals surface area contributed by atoms with Crippen molar-refractivity contribution >= 4 is 35.1 Å². The highest BCUT2D eigenvalue weighted by Gasteiger charge is 2.39. The molecule has 0 radical (unpaired) electrons. The van der Waals surface area contributed by atoms with Gasteiger partial charge in [0.25, 0.3) is 0 Å². The lowest BCUT2D eigenvalue weighted by atomic mass is 9.72. The van der Waals surface area contributed by atoms with Gasteiger partial charge in [0.1, 0.15) is 0 Å². The van der Waals surface area contributed by atoms with E-state index in [2.05, 4.69) is 12.1 Å². The molecule has 4 rings (SSSR count). The average Bonchev–Trinajstić information content (AvgIpc) is 3.02. The summed E-state index contributed by atoms with van der Waals surface area (Å²) in [6.45, 7) is 0. The van der Waals surface area contributed by atoms with Gasteiger partial charge in [-0.3, -0.25) is 19.2 Å². The number of carbonyl (C=O) groups excluding carboxylic acids is 3. The summed E-state index contributed by atoms with van der Waals surface area (Å²) < 4.78 is 5.76. The third kappa shape index (κ3) is 9.62. The van der Waals surface area contributed by atoms with Crippen LogP contribution in [0.25, 0.3) is 0 Å². The minimum Gasteiger partial charge on any atom is -0.481 e. The van der Waals surface area contributed by atoms with Crippen LogP contribution in [-0.2, 0) is 14.3 Å². The number of fused-ring (bicyclic) bond motifs is 1. The lowest BCUT2D eigenvalue weighted by Gasteiger charge is -2.32. The van der Waals surface area contributed by atoms with Crippen LogP contribution in [0.15, 0.2) is 59.9 Å². The van der Waals surface area contributed by atoms with E-state index in [4.69, 9.17) is 21.4 Å². The number of aliphatic carboxylic acids is 1. The van der Waals surface area contributed by atoms with Crippen LogP contribution in [0.1, 0.15) is 141 Å². The molecule has 0 spiro atoms. The van der Waals surface area contributed by atoms with Crippen molar-refractivity contribution in [3.8, 4) is 0 Å². The molecule has 0 heterocycles. The van der Waals surface area contributed by atoms with E-state index in [9.17, 15) is 19.2 Å². The zero-order chi connectivity index (χ0) is 31.3. The second kappa shape index (κ2) is 17.3. The predicted molar refractivity (Wildman–Crippen MR) is 172 cm³/mol. The first-order valence-electron chi connectivity index (χ1n) is 16.5. The smallest absolute Gasteiger partial charge is 0.311 e. The first kappa shape index (κ1) is 33.6. The molecule has 0 amide bonds. The van der Waals surface area contributed by atoms with Crippen molar-refractivity contribution in [3.05, 3.63) is 81.6 Å². The normalized spacial score (nSPS) is 18.3. The molecule has 236 valence electrons. The Labute approximate surface area is 266 Å². The summed E-state index contributed by atoms with van der Waals surface area (Å²) in [7, 11) is 0. The molecule has 1 fully saturated rings. The molecule has 2 aromatic carbocycles. The molecule has 1 N–H and O–H groups in total. The third-order valence-corrected chi connectivity index (χ3v) is 9.33. The second-order valence-electron chi connectivity index (χ2n) is 12.3. The minimum atomic E-state index is -0.716. The number of ketones is 2. The third-order valence-electron chi connectivity index (χ3n) is 9.08. The Balaban J connectivity index is 1.25. The van der Waals surface area contributed by atoms with Crippen molar-refractivity contribution in [2.75, 3.05) is 0 Å². The molecule has 0 aromatic heterocycles. The number of ether oxygens (including phenoxy) is 1. The molecule has 0 unspecified atom stereocenters. The van der Waals surface area contributed by atoms with Gasteiger partial charge in [-0.2, -0.15) is 0 Å². The van der Waals surface area contributed by atoms with E-state index in [1.54, 1.807) is 24.3 Å². The number of hydrogen-bond acceptors (Lipinski definition) is 5. The summed E-state index contributed by atoms with van der Waals surface area (Å²) >= 11 is 6.07. The number of unbranched alkanes of at least 4 members (excludes halogenated alkanes) is 10. The molecular formula is C37H45ClO6. The molecule has 6 nitrogen and oxygen atoms in total. The maximum Gasteiger partial charge on any atom is 0.311 e. The highest BCUT2D eigenvalue weighted by Crippen LogP contribution is 2.42. The van der Waals surface area contributed by atoms with E-state index in [1.165, 1.54) is 18.4 Å². The average molecular weight is 621 g/mol. The predicted octanol–water partition coefficient (Wildman–Crippen LogP) is 9.65. The standard InChI is InChI=1S/C37H45ClO6/c38-29-24-22-27(23-25-29)26-18-20-28(21-19-26)34-35(42)30-14-12-13-15-31(30)36(43)37(34)44-33(41)17-11-9-7-5-3-1-2-4-6-8-10-16-32(39)40/h12-15,22-26,28H,1-11,16-21H2,(H,39,40)/t26-,28-. The largest absolute Gasteiger partial charge is 0.481 e. The number of carbonyl (C=O) groups is 4. The number of carboxylic acids is 1. The van der Waals surface area contributed by atoms with Gasteiger partial charge in [-0.25, -0.2) is 0 Å². The molecule has 1 saturated carbocycles. The Morgan fingerprint density at radius 2 is 1.14 bits per heavy atom. The van der Waals surface area contributed by atoms with Crippen molar-refractivity contribution in [3.63, 3.8) is 0 Å². The van der Waals surface area contributed by atoms with E-state index in [1.807, 2.05) is 12.1 Å². The number of benzene rings is 2. The summed E-state index contributed by atoms with van der Waals surface area (Å²) in [5.41, 5.74) is 2.30. The molecule has 0 atom stereocenters. The van der Waals surface area contributed by atoms with Crippen LogP contribution >= 0.6 is 11.6 Å². The van der Waals surface area contributed by atoms with Crippen LogP contribution in [0.4, 0.5) is 0 Å². The van der Waals surface area contributed by atoms with Gasteiger partial charge in [-0.15, -0.1) is 0 Å². The lowest BCUT2D eigenvalue weighted by Crippen LogP contribution is -2.30. The van der Waals surface area contributed by atoms with E-state index in [0.29, 0.717) is 34.1 Å². The number of carboxylic acid groups (broad SMARTS) is 1. The van der Waals surface area contributed by atoms with E-state index in [-0.39, 0.29) is 36.1 Å². The zero-order valence-corrected chi connectivity index (χ0v) is 26.4. The van der Waals surface area contributed by atoms with Crippen molar-refractivity contribution in [2.45, 2.75) is 115 Å². The Morgan fingerprint density at radius 1 is 0.659 bits per heavy atom. The Morgan fingerprint density at radius 3 is 1.68 bits per heavy atom. The molecule has 44 heavy (non-hydrogen) atoms. The van der Waals surface area contributed by atoms with Crippen molar-refractivity contribution < 1.29 is 29.0 Å². The summed E-state index contributed by atoms with van der Waals surface area (Å²) in [6, 6.07) is 14.7. The molecule has 0 aliphatic heterocycles. The number of halogens is 1. The molecule has 2 aliphatic rings. The maximum atomic E-state index is 13.7. The molecular weight excluding hydrogens is 576 g/mol. The lowest BCUT2D eigenvalue weighted by molar-refractivity contribution is -0.139. The van der Waals surface area contributed by atoms with Gasteiger partial charge < -0.3 is 9.84 Å². The summed E-state index contributed by atoms with van der Waals surface area (Å²) in [5.74, 6) is -1.55. The van der Waals surface area contributed by atoms with Gasteiger partial charge in [-0.05, 0) is 68.1 Å². The SMILES string of the molecule is O=C(O)CCCCCCCCCCCCCC(=O)OC1=C([C@H]2CC[C@H](c3ccc(Cl)cc3)CC2)C(=O)c2ccccc2C1=O. The highest BCUT2D eigenvalue weighted by molar-refractivity contribution is 6.30. The molecule has 2 aliphatic carbocycles. The Kier molecular flexibility index (Phi) is 13.2. The quantitative estimate of drug-likeness (QED) is 0.140. The van der Waals surface area contributed by atoms with Crippen molar-refractivity contribution in [1.82, 2.24) is 0 Å². The summed E-state index contributed by atoms with van der Waals surface area (Å²) in [5, 5.41) is 9.39. The first-order chi connectivity index (χ1) is 21.3. The second-order valence-corrected chi connectivity index (χ2v) is 12.7. The van der Waals surface area contributed by atoms with Crippen LogP contribution in [0.5, 0.6) is 0 Å². The maximum absolute atomic E-state index is 13.7. The van der Waals surface area contributed by atoms with Gasteiger partial charge >= 0.3 is 11.9 Å². The zero-order valence-electron chi connectivity index (χ0n) is 25.7. The first-order valence-corrected chi connectivity index (χ1v) is 16.8. The van der Waals surface area contributed by atoms with E-state index >= 15 is 0 Å². The van der Waals surface area contributed by atoms with Gasteiger partial charge in [-0.1, -0.05) is 106 Å². The van der Waals surface area contributed by atoms with Crippen LogP contribution < -0.4 is 0 Å².